The molecule has 0 saturated heterocycles. The Morgan fingerprint density at radius 3 is 2.80 bits per heavy atom. The van der Waals surface area contributed by atoms with E-state index in [0.29, 0.717) is 18.3 Å². The molecule has 0 unspecified atom stereocenters. The van der Waals surface area contributed by atoms with Crippen molar-refractivity contribution in [3.63, 3.8) is 0 Å². The Kier molecular flexibility index (Phi) is 3.21. The molecule has 2 aliphatic carbocycles. The minimum Gasteiger partial charge on any atom is -0.352 e. The van der Waals surface area contributed by atoms with Gasteiger partial charge in [-0.2, -0.15) is 5.10 Å². The summed E-state index contributed by atoms with van der Waals surface area (Å²) in [6, 6.07) is 0.344. The standard InChI is InChI=1S/C13H19N5O2/c14-8-13(3-4-13)12(20)17-10-5-15-18(6-10)7-11(19)16-9-1-2-9/h5-6,9H,1-4,7-8,14H2,(H,16,19)(H,17,20). The summed E-state index contributed by atoms with van der Waals surface area (Å²) >= 11 is 0. The molecule has 1 aromatic rings. The predicted octanol–water partition coefficient (Wildman–Crippen LogP) is -0.161. The maximum atomic E-state index is 12.0. The SMILES string of the molecule is NCC1(C(=O)Nc2cnn(CC(=O)NC3CC3)c2)CC1. The van der Waals surface area contributed by atoms with E-state index in [2.05, 4.69) is 15.7 Å². The van der Waals surface area contributed by atoms with E-state index in [1.807, 2.05) is 0 Å². The molecule has 1 heterocycles. The maximum Gasteiger partial charge on any atom is 0.241 e. The van der Waals surface area contributed by atoms with E-state index < -0.39 is 0 Å². The molecule has 0 spiro atoms. The zero-order valence-electron chi connectivity index (χ0n) is 11.3. The Balaban J connectivity index is 1.53. The lowest BCUT2D eigenvalue weighted by Crippen LogP contribution is -2.30. The van der Waals surface area contributed by atoms with Crippen molar-refractivity contribution in [2.24, 2.45) is 11.1 Å². The highest BCUT2D eigenvalue weighted by atomic mass is 16.2. The fraction of sp³-hybridized carbons (Fsp3) is 0.615. The first-order chi connectivity index (χ1) is 9.61. The largest absolute Gasteiger partial charge is 0.352 e. The number of aromatic nitrogens is 2. The van der Waals surface area contributed by atoms with E-state index in [1.54, 1.807) is 12.4 Å². The number of carbonyl (C=O) groups excluding carboxylic acids is 2. The molecule has 2 fully saturated rings. The second-order valence-corrected chi connectivity index (χ2v) is 5.71. The minimum absolute atomic E-state index is 0.0471. The van der Waals surface area contributed by atoms with Gasteiger partial charge in [0, 0.05) is 18.8 Å². The van der Waals surface area contributed by atoms with Gasteiger partial charge < -0.3 is 16.4 Å². The number of hydrogen-bond donors (Lipinski definition) is 3. The summed E-state index contributed by atoms with van der Waals surface area (Å²) in [7, 11) is 0. The smallest absolute Gasteiger partial charge is 0.241 e. The minimum atomic E-state index is -0.383. The van der Waals surface area contributed by atoms with Crippen LogP contribution in [0.15, 0.2) is 12.4 Å². The van der Waals surface area contributed by atoms with Gasteiger partial charge in [-0.3, -0.25) is 14.3 Å². The number of amides is 2. The summed E-state index contributed by atoms with van der Waals surface area (Å²) in [5, 5.41) is 9.78. The predicted molar refractivity (Wildman–Crippen MR) is 72.7 cm³/mol. The summed E-state index contributed by atoms with van der Waals surface area (Å²) in [6.07, 6.45) is 7.02. The van der Waals surface area contributed by atoms with Crippen molar-refractivity contribution >= 4 is 17.5 Å². The Bertz CT molecular complexity index is 531. The first-order valence-electron chi connectivity index (χ1n) is 6.95. The molecule has 7 nitrogen and oxygen atoms in total. The molecular formula is C13H19N5O2. The number of anilines is 1. The number of nitrogens with one attached hydrogen (secondary N) is 2. The Morgan fingerprint density at radius 2 is 2.20 bits per heavy atom. The molecule has 2 saturated carbocycles. The monoisotopic (exact) mass is 277 g/mol. The van der Waals surface area contributed by atoms with Gasteiger partial charge in [-0.25, -0.2) is 0 Å². The molecule has 0 aliphatic heterocycles. The molecule has 20 heavy (non-hydrogen) atoms. The summed E-state index contributed by atoms with van der Waals surface area (Å²) in [5.74, 6) is -0.101. The molecule has 0 atom stereocenters. The second kappa shape index (κ2) is 4.90. The van der Waals surface area contributed by atoms with Crippen LogP contribution in [0.5, 0.6) is 0 Å². The third-order valence-corrected chi connectivity index (χ3v) is 3.87. The Hall–Kier alpha value is -1.89. The average Bonchev–Trinajstić information content (AvgIpc) is 3.31. The molecule has 0 aromatic carbocycles. The van der Waals surface area contributed by atoms with Gasteiger partial charge in [0.25, 0.3) is 0 Å². The number of rotatable bonds is 6. The van der Waals surface area contributed by atoms with Crippen LogP contribution < -0.4 is 16.4 Å². The fourth-order valence-electron chi connectivity index (χ4n) is 2.10. The van der Waals surface area contributed by atoms with Crippen LogP contribution in [-0.4, -0.2) is 34.2 Å². The van der Waals surface area contributed by atoms with Crippen LogP contribution in [0.1, 0.15) is 25.7 Å². The number of hydrogen-bond acceptors (Lipinski definition) is 4. The lowest BCUT2D eigenvalue weighted by molar-refractivity contribution is -0.122. The van der Waals surface area contributed by atoms with Crippen LogP contribution in [0.4, 0.5) is 5.69 Å². The van der Waals surface area contributed by atoms with Crippen LogP contribution in [-0.2, 0) is 16.1 Å². The van der Waals surface area contributed by atoms with Crippen molar-refractivity contribution in [2.45, 2.75) is 38.3 Å². The van der Waals surface area contributed by atoms with Gasteiger partial charge in [0.1, 0.15) is 6.54 Å². The third-order valence-electron chi connectivity index (χ3n) is 3.87. The van der Waals surface area contributed by atoms with Crippen LogP contribution >= 0.6 is 0 Å². The van der Waals surface area contributed by atoms with Gasteiger partial charge in [-0.05, 0) is 25.7 Å². The molecule has 0 radical (unpaired) electrons. The van der Waals surface area contributed by atoms with Crippen LogP contribution in [0, 0.1) is 5.41 Å². The van der Waals surface area contributed by atoms with Gasteiger partial charge in [0.05, 0.1) is 17.3 Å². The highest BCUT2D eigenvalue weighted by Gasteiger charge is 2.48. The van der Waals surface area contributed by atoms with E-state index in [1.165, 1.54) is 4.68 Å². The summed E-state index contributed by atoms with van der Waals surface area (Å²) < 4.78 is 1.52. The van der Waals surface area contributed by atoms with E-state index in [0.717, 1.165) is 25.7 Å². The van der Waals surface area contributed by atoms with Crippen molar-refractivity contribution in [1.29, 1.82) is 0 Å². The van der Waals surface area contributed by atoms with E-state index in [4.69, 9.17) is 5.73 Å². The van der Waals surface area contributed by atoms with Gasteiger partial charge in [0.15, 0.2) is 0 Å². The topological polar surface area (TPSA) is 102 Å². The molecule has 0 bridgehead atoms. The summed E-state index contributed by atoms with van der Waals surface area (Å²) in [5.41, 5.74) is 5.83. The average molecular weight is 277 g/mol. The highest BCUT2D eigenvalue weighted by molar-refractivity contribution is 5.97. The lowest BCUT2D eigenvalue weighted by Gasteiger charge is -2.10. The van der Waals surface area contributed by atoms with E-state index >= 15 is 0 Å². The van der Waals surface area contributed by atoms with Crippen molar-refractivity contribution in [1.82, 2.24) is 15.1 Å². The molecular weight excluding hydrogens is 258 g/mol. The van der Waals surface area contributed by atoms with E-state index in [9.17, 15) is 9.59 Å². The lowest BCUT2D eigenvalue weighted by atomic mass is 10.1. The van der Waals surface area contributed by atoms with Crippen LogP contribution in [0.25, 0.3) is 0 Å². The second-order valence-electron chi connectivity index (χ2n) is 5.71. The zero-order valence-corrected chi connectivity index (χ0v) is 11.3. The first kappa shape index (κ1) is 13.1. The maximum absolute atomic E-state index is 12.0. The van der Waals surface area contributed by atoms with Gasteiger partial charge in [-0.15, -0.1) is 0 Å². The molecule has 4 N–H and O–H groups in total. The first-order valence-corrected chi connectivity index (χ1v) is 6.95. The van der Waals surface area contributed by atoms with Crippen LogP contribution in [0.3, 0.4) is 0 Å². The van der Waals surface area contributed by atoms with Gasteiger partial charge >= 0.3 is 0 Å². The fourth-order valence-corrected chi connectivity index (χ4v) is 2.10. The zero-order chi connectivity index (χ0) is 14.2. The van der Waals surface area contributed by atoms with Gasteiger partial charge in [-0.1, -0.05) is 0 Å². The number of nitrogens with zero attached hydrogens (tertiary/aromatic N) is 2. The number of carbonyl (C=O) groups is 2. The third kappa shape index (κ3) is 2.82. The molecule has 3 rings (SSSR count). The van der Waals surface area contributed by atoms with Crippen molar-refractivity contribution in [3.8, 4) is 0 Å². The molecule has 7 heteroatoms. The number of nitrogens with two attached hydrogens (primary N) is 1. The molecule has 2 aliphatic rings. The highest BCUT2D eigenvalue weighted by Crippen LogP contribution is 2.45. The molecule has 108 valence electrons. The molecule has 2 amide bonds. The summed E-state index contributed by atoms with van der Waals surface area (Å²) in [4.78, 5) is 23.6. The van der Waals surface area contributed by atoms with Gasteiger partial charge in [0.2, 0.25) is 11.8 Å². The van der Waals surface area contributed by atoms with Crippen LogP contribution in [0.2, 0.25) is 0 Å². The normalized spacial score (nSPS) is 19.4. The summed E-state index contributed by atoms with van der Waals surface area (Å²) in [6.45, 7) is 0.547. The Morgan fingerprint density at radius 1 is 1.45 bits per heavy atom. The van der Waals surface area contributed by atoms with Crippen molar-refractivity contribution in [2.75, 3.05) is 11.9 Å². The quantitative estimate of drug-likeness (QED) is 0.672. The van der Waals surface area contributed by atoms with Crippen molar-refractivity contribution < 1.29 is 9.59 Å². The van der Waals surface area contributed by atoms with E-state index in [-0.39, 0.29) is 23.8 Å². The molecule has 1 aromatic heterocycles. The Labute approximate surface area is 116 Å². The van der Waals surface area contributed by atoms with Crippen molar-refractivity contribution in [3.05, 3.63) is 12.4 Å².